The fraction of sp³-hybridized carbons (Fsp3) is 0.467. The maximum Gasteiger partial charge on any atom is 0.312 e. The van der Waals surface area contributed by atoms with Crippen molar-refractivity contribution >= 4 is 11.9 Å². The summed E-state index contributed by atoms with van der Waals surface area (Å²) in [6, 6.07) is 9.04. The van der Waals surface area contributed by atoms with Crippen LogP contribution in [-0.4, -0.2) is 48.1 Å². The molecule has 0 aromatic heterocycles. The molecule has 0 saturated heterocycles. The third kappa shape index (κ3) is 4.66. The Morgan fingerprint density at radius 1 is 1.20 bits per heavy atom. The summed E-state index contributed by atoms with van der Waals surface area (Å²) in [5.41, 5.74) is 0.739. The van der Waals surface area contributed by atoms with Crippen LogP contribution in [0, 0.1) is 0 Å². The minimum Gasteiger partial charge on any atom is -0.481 e. The van der Waals surface area contributed by atoms with Crippen LogP contribution in [-0.2, 0) is 9.59 Å². The van der Waals surface area contributed by atoms with Gasteiger partial charge in [-0.3, -0.25) is 9.59 Å². The van der Waals surface area contributed by atoms with E-state index in [0.717, 1.165) is 5.56 Å². The van der Waals surface area contributed by atoms with Gasteiger partial charge in [-0.1, -0.05) is 30.3 Å². The number of aliphatic carboxylic acids is 1. The van der Waals surface area contributed by atoms with Gasteiger partial charge in [0, 0.05) is 19.6 Å². The molecule has 1 aromatic carbocycles. The first-order chi connectivity index (χ1) is 9.60. The SMILES string of the molecule is CCN(CC)C(=O)CNCC(C(=O)O)c1ccccc1. The van der Waals surface area contributed by atoms with Crippen LogP contribution in [0.3, 0.4) is 0 Å². The molecule has 0 bridgehead atoms. The van der Waals surface area contributed by atoms with Gasteiger partial charge in [-0.15, -0.1) is 0 Å². The van der Waals surface area contributed by atoms with E-state index in [2.05, 4.69) is 5.32 Å². The quantitative estimate of drug-likeness (QED) is 0.752. The van der Waals surface area contributed by atoms with Crippen LogP contribution in [0.4, 0.5) is 0 Å². The van der Waals surface area contributed by atoms with Crippen LogP contribution in [0.5, 0.6) is 0 Å². The Morgan fingerprint density at radius 3 is 2.30 bits per heavy atom. The summed E-state index contributed by atoms with van der Waals surface area (Å²) in [7, 11) is 0. The molecule has 1 atom stereocenters. The van der Waals surface area contributed by atoms with E-state index < -0.39 is 11.9 Å². The molecule has 5 heteroatoms. The molecule has 0 fully saturated rings. The predicted molar refractivity (Wildman–Crippen MR) is 77.6 cm³/mol. The van der Waals surface area contributed by atoms with Crippen molar-refractivity contribution in [3.8, 4) is 0 Å². The average molecular weight is 278 g/mol. The van der Waals surface area contributed by atoms with E-state index >= 15 is 0 Å². The number of nitrogens with one attached hydrogen (secondary N) is 1. The van der Waals surface area contributed by atoms with Crippen LogP contribution in [0.1, 0.15) is 25.3 Å². The Kier molecular flexibility index (Phi) is 6.73. The van der Waals surface area contributed by atoms with Gasteiger partial charge in [0.2, 0.25) is 5.91 Å². The summed E-state index contributed by atoms with van der Waals surface area (Å²) < 4.78 is 0. The molecule has 0 spiro atoms. The van der Waals surface area contributed by atoms with E-state index in [0.29, 0.717) is 13.1 Å². The summed E-state index contributed by atoms with van der Waals surface area (Å²) in [4.78, 5) is 24.8. The second kappa shape index (κ2) is 8.32. The van der Waals surface area contributed by atoms with Crippen molar-refractivity contribution < 1.29 is 14.7 Å². The van der Waals surface area contributed by atoms with Crippen LogP contribution in [0.2, 0.25) is 0 Å². The maximum absolute atomic E-state index is 11.8. The number of rotatable bonds is 8. The van der Waals surface area contributed by atoms with Gasteiger partial charge in [-0.05, 0) is 19.4 Å². The number of carboxylic acid groups (broad SMARTS) is 1. The number of hydrogen-bond donors (Lipinski definition) is 2. The van der Waals surface area contributed by atoms with Crippen molar-refractivity contribution in [2.45, 2.75) is 19.8 Å². The first-order valence-corrected chi connectivity index (χ1v) is 6.86. The molecule has 1 aromatic rings. The molecule has 1 amide bonds. The summed E-state index contributed by atoms with van der Waals surface area (Å²) in [5, 5.41) is 12.2. The van der Waals surface area contributed by atoms with Gasteiger partial charge < -0.3 is 15.3 Å². The number of carboxylic acids is 1. The van der Waals surface area contributed by atoms with E-state index in [-0.39, 0.29) is 19.0 Å². The van der Waals surface area contributed by atoms with Gasteiger partial charge in [0.15, 0.2) is 0 Å². The molecule has 0 aliphatic heterocycles. The van der Waals surface area contributed by atoms with Crippen molar-refractivity contribution in [1.82, 2.24) is 10.2 Å². The topological polar surface area (TPSA) is 69.6 Å². The van der Waals surface area contributed by atoms with Gasteiger partial charge in [0.1, 0.15) is 0 Å². The zero-order valence-corrected chi connectivity index (χ0v) is 12.0. The molecule has 20 heavy (non-hydrogen) atoms. The number of carbonyl (C=O) groups excluding carboxylic acids is 1. The standard InChI is InChI=1S/C15H22N2O3/c1-3-17(4-2)14(18)11-16-10-13(15(19)20)12-8-6-5-7-9-12/h5-9,13,16H,3-4,10-11H2,1-2H3,(H,19,20). The summed E-state index contributed by atoms with van der Waals surface area (Å²) in [6.45, 7) is 5.58. The third-order valence-corrected chi connectivity index (χ3v) is 3.24. The van der Waals surface area contributed by atoms with E-state index in [4.69, 9.17) is 0 Å². The van der Waals surface area contributed by atoms with Crippen LogP contribution >= 0.6 is 0 Å². The fourth-order valence-electron chi connectivity index (χ4n) is 2.04. The summed E-state index contributed by atoms with van der Waals surface area (Å²) >= 11 is 0. The fourth-order valence-corrected chi connectivity index (χ4v) is 2.04. The Morgan fingerprint density at radius 2 is 1.80 bits per heavy atom. The molecule has 0 heterocycles. The van der Waals surface area contributed by atoms with Crippen molar-refractivity contribution in [3.63, 3.8) is 0 Å². The molecule has 0 radical (unpaired) electrons. The summed E-state index contributed by atoms with van der Waals surface area (Å²) in [6.07, 6.45) is 0. The Bertz CT molecular complexity index is 430. The van der Waals surface area contributed by atoms with E-state index in [1.54, 1.807) is 17.0 Å². The molecule has 0 aliphatic rings. The number of carbonyl (C=O) groups is 2. The van der Waals surface area contributed by atoms with Gasteiger partial charge in [0.05, 0.1) is 12.5 Å². The van der Waals surface area contributed by atoms with E-state index in [1.807, 2.05) is 32.0 Å². The second-order valence-electron chi connectivity index (χ2n) is 4.50. The highest BCUT2D eigenvalue weighted by Gasteiger charge is 2.19. The van der Waals surface area contributed by atoms with Gasteiger partial charge >= 0.3 is 5.97 Å². The molecular formula is C15H22N2O3. The normalized spacial score (nSPS) is 11.9. The molecular weight excluding hydrogens is 256 g/mol. The highest BCUT2D eigenvalue weighted by molar-refractivity contribution is 5.79. The Labute approximate surface area is 119 Å². The zero-order valence-electron chi connectivity index (χ0n) is 12.0. The number of hydrogen-bond acceptors (Lipinski definition) is 3. The first-order valence-electron chi connectivity index (χ1n) is 6.86. The largest absolute Gasteiger partial charge is 0.481 e. The van der Waals surface area contributed by atoms with Crippen molar-refractivity contribution in [2.24, 2.45) is 0 Å². The highest BCUT2D eigenvalue weighted by Crippen LogP contribution is 2.14. The van der Waals surface area contributed by atoms with Crippen LogP contribution in [0.15, 0.2) is 30.3 Å². The van der Waals surface area contributed by atoms with Gasteiger partial charge in [0.25, 0.3) is 0 Å². The number of amides is 1. The third-order valence-electron chi connectivity index (χ3n) is 3.24. The zero-order chi connectivity index (χ0) is 15.0. The molecule has 0 saturated carbocycles. The molecule has 1 unspecified atom stereocenters. The second-order valence-corrected chi connectivity index (χ2v) is 4.50. The van der Waals surface area contributed by atoms with Gasteiger partial charge in [-0.25, -0.2) is 0 Å². The van der Waals surface area contributed by atoms with E-state index in [9.17, 15) is 14.7 Å². The van der Waals surface area contributed by atoms with Gasteiger partial charge in [-0.2, -0.15) is 0 Å². The molecule has 5 nitrogen and oxygen atoms in total. The minimum absolute atomic E-state index is 0.00722. The number of likely N-dealkylation sites (N-methyl/N-ethyl adjacent to an activating group) is 1. The predicted octanol–water partition coefficient (Wildman–Crippen LogP) is 1.31. The average Bonchev–Trinajstić information content (AvgIpc) is 2.45. The minimum atomic E-state index is -0.890. The smallest absolute Gasteiger partial charge is 0.312 e. The number of nitrogens with zero attached hydrogens (tertiary/aromatic N) is 1. The van der Waals surface area contributed by atoms with Crippen molar-refractivity contribution in [2.75, 3.05) is 26.2 Å². The molecule has 1 rings (SSSR count). The molecule has 0 aliphatic carbocycles. The van der Waals surface area contributed by atoms with Crippen LogP contribution in [0.25, 0.3) is 0 Å². The lowest BCUT2D eigenvalue weighted by atomic mass is 9.99. The lowest BCUT2D eigenvalue weighted by molar-refractivity contribution is -0.139. The Hall–Kier alpha value is -1.88. The molecule has 110 valence electrons. The maximum atomic E-state index is 11.8. The summed E-state index contributed by atoms with van der Waals surface area (Å²) in [5.74, 6) is -1.54. The Balaban J connectivity index is 2.53. The lowest BCUT2D eigenvalue weighted by Gasteiger charge is -2.20. The lowest BCUT2D eigenvalue weighted by Crippen LogP contribution is -2.39. The van der Waals surface area contributed by atoms with Crippen LogP contribution < -0.4 is 5.32 Å². The van der Waals surface area contributed by atoms with Crippen molar-refractivity contribution in [3.05, 3.63) is 35.9 Å². The number of benzene rings is 1. The van der Waals surface area contributed by atoms with E-state index in [1.165, 1.54) is 0 Å². The first kappa shape index (κ1) is 16.2. The highest BCUT2D eigenvalue weighted by atomic mass is 16.4. The van der Waals surface area contributed by atoms with Crippen molar-refractivity contribution in [1.29, 1.82) is 0 Å². The molecule has 2 N–H and O–H groups in total. The monoisotopic (exact) mass is 278 g/mol.